The van der Waals surface area contributed by atoms with E-state index in [4.69, 9.17) is 8.84 Å². The molecule has 0 aliphatic rings. The Morgan fingerprint density at radius 2 is 1.74 bits per heavy atom. The summed E-state index contributed by atoms with van der Waals surface area (Å²) in [6.45, 7) is 12.3. The summed E-state index contributed by atoms with van der Waals surface area (Å²) in [5, 5.41) is -0.0355. The molecule has 0 aliphatic carbocycles. The number of nitrogens with zero attached hydrogens (tertiary/aromatic N) is 1. The highest BCUT2D eigenvalue weighted by Gasteiger charge is 2.37. The van der Waals surface area contributed by atoms with Gasteiger partial charge in [0, 0.05) is 23.4 Å². The van der Waals surface area contributed by atoms with Crippen LogP contribution in [0.5, 0.6) is 0 Å². The second kappa shape index (κ2) is 9.11. The Morgan fingerprint density at radius 3 is 2.26 bits per heavy atom. The summed E-state index contributed by atoms with van der Waals surface area (Å²) in [5.74, 6) is -0.225. The number of halogens is 4. The van der Waals surface area contributed by atoms with E-state index in [-0.39, 0.29) is 33.9 Å². The van der Waals surface area contributed by atoms with Crippen LogP contribution in [0.25, 0.3) is 22.4 Å². The molecule has 1 aromatic carbocycles. The lowest BCUT2D eigenvalue weighted by Gasteiger charge is -2.36. The maximum atomic E-state index is 14.4. The van der Waals surface area contributed by atoms with Crippen molar-refractivity contribution in [3.63, 3.8) is 0 Å². The van der Waals surface area contributed by atoms with Crippen molar-refractivity contribution >= 4 is 8.32 Å². The van der Waals surface area contributed by atoms with Gasteiger partial charge in [-0.1, -0.05) is 26.8 Å². The van der Waals surface area contributed by atoms with Crippen LogP contribution in [-0.2, 0) is 17.2 Å². The van der Waals surface area contributed by atoms with Crippen LogP contribution in [0.3, 0.4) is 0 Å². The third-order valence-electron chi connectivity index (χ3n) is 6.14. The van der Waals surface area contributed by atoms with Crippen LogP contribution in [0, 0.1) is 12.7 Å². The molecule has 4 nitrogen and oxygen atoms in total. The first kappa shape index (κ1) is 25.8. The maximum absolute atomic E-state index is 14.4. The molecule has 0 bridgehead atoms. The summed E-state index contributed by atoms with van der Waals surface area (Å²) in [6, 6.07) is 6.68. The van der Waals surface area contributed by atoms with Gasteiger partial charge in [0.1, 0.15) is 17.3 Å². The van der Waals surface area contributed by atoms with E-state index < -0.39 is 25.9 Å². The van der Waals surface area contributed by atoms with Crippen LogP contribution in [-0.4, -0.2) is 13.3 Å². The van der Waals surface area contributed by atoms with Gasteiger partial charge in [-0.05, 0) is 49.3 Å². The largest absolute Gasteiger partial charge is 0.463 e. The fourth-order valence-electron chi connectivity index (χ4n) is 3.14. The summed E-state index contributed by atoms with van der Waals surface area (Å²) >= 11 is 0. The van der Waals surface area contributed by atoms with E-state index in [1.54, 1.807) is 13.0 Å². The molecular formula is C25H27F4NO3Si. The predicted molar refractivity (Wildman–Crippen MR) is 125 cm³/mol. The molecule has 0 aliphatic heterocycles. The smallest absolute Gasteiger partial charge is 0.416 e. The molecule has 9 heteroatoms. The van der Waals surface area contributed by atoms with Crippen molar-refractivity contribution in [3.8, 4) is 22.4 Å². The number of pyridine rings is 1. The fourth-order valence-corrected chi connectivity index (χ4v) is 4.06. The molecule has 0 saturated heterocycles. The van der Waals surface area contributed by atoms with E-state index in [9.17, 15) is 22.4 Å². The third kappa shape index (κ3) is 5.47. The normalized spacial score (nSPS) is 12.8. The summed E-state index contributed by atoms with van der Waals surface area (Å²) in [5.41, 5.74) is -0.542. The standard InChI is InChI=1S/C25H27F4NO3Si/c1-15-11-21(31)23(22(33-15)14-32-34(5,6)24(2,3)4)16-7-10-20(30-13-16)18-9-8-17(12-19(18)26)25(27,28)29/h7-13H,14H2,1-6H3. The number of aryl methyl sites for hydroxylation is 1. The van der Waals surface area contributed by atoms with E-state index in [1.807, 2.05) is 0 Å². The zero-order valence-electron chi connectivity index (χ0n) is 19.9. The monoisotopic (exact) mass is 493 g/mol. The van der Waals surface area contributed by atoms with Crippen molar-refractivity contribution in [2.24, 2.45) is 0 Å². The van der Waals surface area contributed by atoms with Gasteiger partial charge in [0.15, 0.2) is 13.7 Å². The second-order valence-electron chi connectivity index (χ2n) is 9.69. The Bertz CT molecular complexity index is 1240. The Labute approximate surface area is 196 Å². The van der Waals surface area contributed by atoms with Crippen LogP contribution in [0.1, 0.15) is 37.9 Å². The summed E-state index contributed by atoms with van der Waals surface area (Å²) in [6.07, 6.45) is -3.26. The zero-order chi connectivity index (χ0) is 25.5. The average Bonchev–Trinajstić information content (AvgIpc) is 2.71. The lowest BCUT2D eigenvalue weighted by molar-refractivity contribution is -0.137. The molecule has 0 N–H and O–H groups in total. The van der Waals surface area contributed by atoms with Crippen molar-refractivity contribution in [3.05, 3.63) is 75.7 Å². The maximum Gasteiger partial charge on any atom is 0.416 e. The average molecular weight is 494 g/mol. The molecular weight excluding hydrogens is 466 g/mol. The second-order valence-corrected chi connectivity index (χ2v) is 14.5. The molecule has 182 valence electrons. The Hall–Kier alpha value is -2.78. The molecule has 2 aromatic heterocycles. The van der Waals surface area contributed by atoms with Crippen molar-refractivity contribution in [1.82, 2.24) is 4.98 Å². The summed E-state index contributed by atoms with van der Waals surface area (Å²) in [4.78, 5) is 17.0. The number of hydrogen-bond acceptors (Lipinski definition) is 4. The molecule has 0 spiro atoms. The highest BCUT2D eigenvalue weighted by atomic mass is 28.4. The molecule has 0 amide bonds. The first-order valence-corrected chi connectivity index (χ1v) is 13.6. The lowest BCUT2D eigenvalue weighted by Crippen LogP contribution is -2.40. The molecule has 0 atom stereocenters. The van der Waals surface area contributed by atoms with E-state index in [1.165, 1.54) is 18.3 Å². The third-order valence-corrected chi connectivity index (χ3v) is 10.6. The van der Waals surface area contributed by atoms with Gasteiger partial charge in [-0.25, -0.2) is 4.39 Å². The highest BCUT2D eigenvalue weighted by molar-refractivity contribution is 6.74. The van der Waals surface area contributed by atoms with E-state index >= 15 is 0 Å². The molecule has 3 aromatic rings. The molecule has 0 saturated carbocycles. The minimum Gasteiger partial charge on any atom is -0.463 e. The molecule has 0 unspecified atom stereocenters. The number of hydrogen-bond donors (Lipinski definition) is 0. The Morgan fingerprint density at radius 1 is 1.06 bits per heavy atom. The lowest BCUT2D eigenvalue weighted by atomic mass is 10.0. The van der Waals surface area contributed by atoms with Crippen molar-refractivity contribution in [1.29, 1.82) is 0 Å². The van der Waals surface area contributed by atoms with E-state index in [0.29, 0.717) is 23.2 Å². The van der Waals surface area contributed by atoms with Crippen LogP contribution in [0.4, 0.5) is 17.6 Å². The zero-order valence-corrected chi connectivity index (χ0v) is 20.9. The molecule has 34 heavy (non-hydrogen) atoms. The Balaban J connectivity index is 1.97. The van der Waals surface area contributed by atoms with Crippen LogP contribution < -0.4 is 5.43 Å². The fraction of sp³-hybridized carbons (Fsp3) is 0.360. The number of benzene rings is 1. The quantitative estimate of drug-likeness (QED) is 0.275. The van der Waals surface area contributed by atoms with Gasteiger partial charge in [-0.3, -0.25) is 9.78 Å². The van der Waals surface area contributed by atoms with Gasteiger partial charge in [-0.2, -0.15) is 13.2 Å². The van der Waals surface area contributed by atoms with Crippen molar-refractivity contribution < 1.29 is 26.4 Å². The molecule has 0 fully saturated rings. The minimum absolute atomic E-state index is 0.0355. The van der Waals surface area contributed by atoms with Crippen molar-refractivity contribution in [2.45, 2.75) is 58.6 Å². The molecule has 0 radical (unpaired) electrons. The number of rotatable bonds is 5. The first-order chi connectivity index (χ1) is 15.6. The van der Waals surface area contributed by atoms with Crippen molar-refractivity contribution in [2.75, 3.05) is 0 Å². The highest BCUT2D eigenvalue weighted by Crippen LogP contribution is 2.38. The van der Waals surface area contributed by atoms with E-state index in [2.05, 4.69) is 38.8 Å². The Kier molecular flexibility index (Phi) is 6.92. The number of aromatic nitrogens is 1. The first-order valence-electron chi connectivity index (χ1n) is 10.7. The molecule has 2 heterocycles. The summed E-state index contributed by atoms with van der Waals surface area (Å²) in [7, 11) is -2.12. The van der Waals surface area contributed by atoms with E-state index in [0.717, 1.165) is 12.1 Å². The van der Waals surface area contributed by atoms with Crippen LogP contribution in [0.2, 0.25) is 18.1 Å². The minimum atomic E-state index is -4.64. The van der Waals surface area contributed by atoms with Gasteiger partial charge in [0.25, 0.3) is 0 Å². The summed E-state index contributed by atoms with van der Waals surface area (Å²) < 4.78 is 64.9. The van der Waals surface area contributed by atoms with Gasteiger partial charge >= 0.3 is 6.18 Å². The van der Waals surface area contributed by atoms with Gasteiger partial charge in [0.2, 0.25) is 0 Å². The number of alkyl halides is 3. The van der Waals surface area contributed by atoms with Crippen LogP contribution >= 0.6 is 0 Å². The predicted octanol–water partition coefficient (Wildman–Crippen LogP) is 7.36. The molecule has 3 rings (SSSR count). The van der Waals surface area contributed by atoms with Gasteiger partial charge in [0.05, 0.1) is 23.4 Å². The van der Waals surface area contributed by atoms with Gasteiger partial charge in [-0.15, -0.1) is 0 Å². The topological polar surface area (TPSA) is 52.3 Å². The van der Waals surface area contributed by atoms with Gasteiger partial charge < -0.3 is 8.84 Å². The van der Waals surface area contributed by atoms with Crippen LogP contribution in [0.15, 0.2) is 51.8 Å². The SMILES string of the molecule is Cc1cc(=O)c(-c2ccc(-c3ccc(C(F)(F)F)cc3F)nc2)c(CO[Si](C)(C)C(C)(C)C)o1.